The third-order valence-corrected chi connectivity index (χ3v) is 4.77. The van der Waals surface area contributed by atoms with Gasteiger partial charge in [0.15, 0.2) is 5.65 Å². The van der Waals surface area contributed by atoms with E-state index in [0.29, 0.717) is 24.5 Å². The van der Waals surface area contributed by atoms with Crippen molar-refractivity contribution in [3.05, 3.63) is 46.8 Å². The molecule has 3 aromatic rings. The highest BCUT2D eigenvalue weighted by Gasteiger charge is 2.20. The lowest BCUT2D eigenvalue weighted by Gasteiger charge is -2.30. The first-order valence-corrected chi connectivity index (χ1v) is 10.6. The van der Waals surface area contributed by atoms with E-state index in [4.69, 9.17) is 4.74 Å². The van der Waals surface area contributed by atoms with Crippen LogP contribution in [0.3, 0.4) is 0 Å². The van der Waals surface area contributed by atoms with Gasteiger partial charge in [0.05, 0.1) is 30.3 Å². The molecule has 1 amide bonds. The molecule has 1 aliphatic rings. The van der Waals surface area contributed by atoms with Crippen molar-refractivity contribution in [1.82, 2.24) is 24.4 Å². The molecule has 0 aliphatic carbocycles. The molecule has 10 heteroatoms. The molecule has 0 atom stereocenters. The van der Waals surface area contributed by atoms with Gasteiger partial charge >= 0.3 is 0 Å². The number of rotatable bonds is 5. The number of amides is 1. The Hall–Kier alpha value is -3.27. The lowest BCUT2D eigenvalue weighted by atomic mass is 10.1. The summed E-state index contributed by atoms with van der Waals surface area (Å²) in [6, 6.07) is 5.06. The molecule has 1 N–H and O–H groups in total. The van der Waals surface area contributed by atoms with Gasteiger partial charge in [0, 0.05) is 25.4 Å². The summed E-state index contributed by atoms with van der Waals surface area (Å²) in [4.78, 5) is 27.2. The zero-order valence-electron chi connectivity index (χ0n) is 18.4. The van der Waals surface area contributed by atoms with Crippen LogP contribution in [-0.2, 0) is 16.1 Å². The minimum atomic E-state index is -0.333. The fraction of sp³-hybridized carbons (Fsp3) is 0.476. The molecule has 0 unspecified atom stereocenters. The number of hydrogen-bond donors (Lipinski definition) is 1. The smallest absolute Gasteiger partial charge is 0.269 e. The van der Waals surface area contributed by atoms with Crippen molar-refractivity contribution in [3.63, 3.8) is 0 Å². The summed E-state index contributed by atoms with van der Waals surface area (Å²) in [5.41, 5.74) is 2.58. The van der Waals surface area contributed by atoms with Crippen molar-refractivity contribution in [2.75, 3.05) is 36.5 Å². The van der Waals surface area contributed by atoms with E-state index < -0.39 is 0 Å². The standard InChI is InChI=1S/C19H23N7O3.C2H6/c1-13(2)19-15(24-5-7-29-8-6-24)9-18(28)26(23-19)11-17(27)21-14-3-4-16-22-20-12-25(16)10-14;1-2/h3-4,9-10,12-13H,5-8,11H2,1-2H3,(H,21,27);1-2H3. The predicted octanol–water partition coefficient (Wildman–Crippen LogP) is 1.91. The number of morpholine rings is 1. The molecule has 4 heterocycles. The maximum absolute atomic E-state index is 12.6. The Bertz CT molecular complexity index is 1080. The number of hydrogen-bond acceptors (Lipinski definition) is 7. The molecule has 1 saturated heterocycles. The van der Waals surface area contributed by atoms with Gasteiger partial charge in [-0.15, -0.1) is 10.2 Å². The van der Waals surface area contributed by atoms with Crippen LogP contribution in [0.25, 0.3) is 5.65 Å². The average Bonchev–Trinajstić information content (AvgIpc) is 3.24. The SMILES string of the molecule is CC.CC(C)c1nn(CC(=O)Nc2ccc3nncn3c2)c(=O)cc1N1CCOCC1. The summed E-state index contributed by atoms with van der Waals surface area (Å²) in [6.45, 7) is 10.6. The molecular weight excluding hydrogens is 398 g/mol. The number of ether oxygens (including phenoxy) is 1. The monoisotopic (exact) mass is 427 g/mol. The maximum Gasteiger partial charge on any atom is 0.269 e. The lowest BCUT2D eigenvalue weighted by Crippen LogP contribution is -2.39. The summed E-state index contributed by atoms with van der Waals surface area (Å²) in [5, 5.41) is 15.0. The van der Waals surface area contributed by atoms with Crippen LogP contribution in [0.15, 0.2) is 35.5 Å². The van der Waals surface area contributed by atoms with Gasteiger partial charge in [-0.2, -0.15) is 5.10 Å². The third kappa shape index (κ3) is 5.26. The van der Waals surface area contributed by atoms with E-state index in [1.54, 1.807) is 35.1 Å². The molecule has 4 rings (SSSR count). The number of carbonyl (C=O) groups is 1. The molecule has 0 aromatic carbocycles. The molecule has 10 nitrogen and oxygen atoms in total. The molecule has 31 heavy (non-hydrogen) atoms. The predicted molar refractivity (Wildman–Crippen MR) is 119 cm³/mol. The van der Waals surface area contributed by atoms with Crippen LogP contribution in [-0.4, -0.2) is 56.6 Å². The third-order valence-electron chi connectivity index (χ3n) is 4.77. The molecule has 0 bridgehead atoms. The first-order valence-electron chi connectivity index (χ1n) is 10.6. The summed E-state index contributed by atoms with van der Waals surface area (Å²) >= 11 is 0. The van der Waals surface area contributed by atoms with E-state index in [-0.39, 0.29) is 23.9 Å². The Labute approximate surface area is 180 Å². The maximum atomic E-state index is 12.6. The van der Waals surface area contributed by atoms with Gasteiger partial charge in [-0.25, -0.2) is 4.68 Å². The van der Waals surface area contributed by atoms with E-state index in [1.165, 1.54) is 4.68 Å². The highest BCUT2D eigenvalue weighted by atomic mass is 16.5. The summed E-state index contributed by atoms with van der Waals surface area (Å²) in [7, 11) is 0. The Morgan fingerprint density at radius 3 is 2.68 bits per heavy atom. The van der Waals surface area contributed by atoms with Crippen LogP contribution in [0, 0.1) is 0 Å². The molecular formula is C21H29N7O3. The number of nitrogens with zero attached hydrogens (tertiary/aromatic N) is 6. The van der Waals surface area contributed by atoms with Crippen LogP contribution in [0.2, 0.25) is 0 Å². The van der Waals surface area contributed by atoms with Gasteiger partial charge in [-0.05, 0) is 18.1 Å². The van der Waals surface area contributed by atoms with E-state index in [1.807, 2.05) is 27.7 Å². The van der Waals surface area contributed by atoms with Crippen molar-refractivity contribution >= 4 is 22.9 Å². The lowest BCUT2D eigenvalue weighted by molar-refractivity contribution is -0.117. The van der Waals surface area contributed by atoms with Gasteiger partial charge in [0.25, 0.3) is 5.56 Å². The number of nitrogens with one attached hydrogen (secondary N) is 1. The molecule has 3 aromatic heterocycles. The number of aromatic nitrogens is 5. The van der Waals surface area contributed by atoms with Crippen LogP contribution < -0.4 is 15.8 Å². The van der Waals surface area contributed by atoms with Gasteiger partial charge in [-0.1, -0.05) is 27.7 Å². The van der Waals surface area contributed by atoms with Crippen LogP contribution in [0.4, 0.5) is 11.4 Å². The highest BCUT2D eigenvalue weighted by molar-refractivity contribution is 5.90. The van der Waals surface area contributed by atoms with Crippen LogP contribution in [0.1, 0.15) is 39.3 Å². The van der Waals surface area contributed by atoms with Crippen molar-refractivity contribution in [2.24, 2.45) is 0 Å². The van der Waals surface area contributed by atoms with E-state index in [9.17, 15) is 9.59 Å². The topological polar surface area (TPSA) is 107 Å². The van der Waals surface area contributed by atoms with E-state index >= 15 is 0 Å². The second-order valence-corrected chi connectivity index (χ2v) is 7.23. The second-order valence-electron chi connectivity index (χ2n) is 7.23. The Kier molecular flexibility index (Phi) is 7.35. The fourth-order valence-electron chi connectivity index (χ4n) is 3.32. The van der Waals surface area contributed by atoms with E-state index in [0.717, 1.165) is 24.5 Å². The zero-order chi connectivity index (χ0) is 22.4. The Morgan fingerprint density at radius 1 is 1.23 bits per heavy atom. The molecule has 0 saturated carbocycles. The van der Waals surface area contributed by atoms with Crippen LogP contribution >= 0.6 is 0 Å². The first-order chi connectivity index (χ1) is 15.0. The number of carbonyl (C=O) groups excluding carboxylic acids is 1. The summed E-state index contributed by atoms with van der Waals surface area (Å²) in [6.07, 6.45) is 3.26. The molecule has 1 aliphatic heterocycles. The zero-order valence-corrected chi connectivity index (χ0v) is 18.4. The quantitative estimate of drug-likeness (QED) is 0.663. The second kappa shape index (κ2) is 10.2. The van der Waals surface area contributed by atoms with Gasteiger partial charge in [0.1, 0.15) is 12.9 Å². The van der Waals surface area contributed by atoms with Crippen molar-refractivity contribution < 1.29 is 9.53 Å². The molecule has 0 radical (unpaired) electrons. The van der Waals surface area contributed by atoms with Crippen molar-refractivity contribution in [3.8, 4) is 0 Å². The molecule has 1 fully saturated rings. The normalized spacial score (nSPS) is 13.8. The van der Waals surface area contributed by atoms with E-state index in [2.05, 4.69) is 25.5 Å². The number of fused-ring (bicyclic) bond motifs is 1. The van der Waals surface area contributed by atoms with Crippen LogP contribution in [0.5, 0.6) is 0 Å². The van der Waals surface area contributed by atoms with Gasteiger partial charge < -0.3 is 15.0 Å². The molecule has 0 spiro atoms. The van der Waals surface area contributed by atoms with Gasteiger partial charge in [0.2, 0.25) is 5.91 Å². The molecule has 166 valence electrons. The summed E-state index contributed by atoms with van der Waals surface area (Å²) in [5.74, 6) is -0.222. The number of anilines is 2. The van der Waals surface area contributed by atoms with Gasteiger partial charge in [-0.3, -0.25) is 14.0 Å². The number of pyridine rings is 1. The Morgan fingerprint density at radius 2 is 1.97 bits per heavy atom. The summed E-state index contributed by atoms with van der Waals surface area (Å²) < 4.78 is 8.32. The average molecular weight is 428 g/mol. The fourth-order valence-corrected chi connectivity index (χ4v) is 3.32. The first kappa shape index (κ1) is 22.4. The largest absolute Gasteiger partial charge is 0.378 e. The van der Waals surface area contributed by atoms with Crippen molar-refractivity contribution in [1.29, 1.82) is 0 Å². The minimum absolute atomic E-state index is 0.110. The van der Waals surface area contributed by atoms with Crippen molar-refractivity contribution in [2.45, 2.75) is 40.2 Å². The Balaban J connectivity index is 0.00000132. The highest BCUT2D eigenvalue weighted by Crippen LogP contribution is 2.24. The minimum Gasteiger partial charge on any atom is -0.378 e.